The van der Waals surface area contributed by atoms with Gasteiger partial charge in [0.25, 0.3) is 5.56 Å². The van der Waals surface area contributed by atoms with E-state index >= 15 is 0 Å². The number of aromatic nitrogens is 2. The van der Waals surface area contributed by atoms with Gasteiger partial charge in [0.1, 0.15) is 12.7 Å². The normalized spacial score (nSPS) is 11.9. The van der Waals surface area contributed by atoms with Gasteiger partial charge in [-0.25, -0.2) is 9.36 Å². The summed E-state index contributed by atoms with van der Waals surface area (Å²) < 4.78 is 13.5. The molecule has 0 amide bonds. The van der Waals surface area contributed by atoms with Crippen LogP contribution in [0.15, 0.2) is 82.4 Å². The number of benzene rings is 3. The molecule has 1 heterocycles. The second-order valence-electron chi connectivity index (χ2n) is 7.77. The number of fused-ring (bicyclic) bond motifs is 1. The van der Waals surface area contributed by atoms with Gasteiger partial charge in [-0.1, -0.05) is 30.3 Å². The van der Waals surface area contributed by atoms with Crippen molar-refractivity contribution in [1.29, 1.82) is 0 Å². The van der Waals surface area contributed by atoms with Gasteiger partial charge in [-0.3, -0.25) is 14.2 Å². The molecule has 0 saturated carbocycles. The number of carbonyl (C=O) groups excluding carboxylic acids is 1. The standard InChI is InChI=1S/C26H24N2O6/c1-17(29)18-12-13-23(24(14-18)33-2)34-16-20(30)15-27-22-11-7-6-10-21(22)25(31)28(26(27)32)19-8-4-3-5-9-19/h3-14,20,30H,15-16H2,1-2H3/t20-/m0/s1. The number of carbonyl (C=O) groups is 1. The number of ether oxygens (including phenoxy) is 2. The van der Waals surface area contributed by atoms with Gasteiger partial charge in [0, 0.05) is 5.56 Å². The number of nitrogens with zero attached hydrogens (tertiary/aromatic N) is 2. The van der Waals surface area contributed by atoms with E-state index in [0.29, 0.717) is 33.7 Å². The first-order valence-corrected chi connectivity index (χ1v) is 10.7. The molecule has 8 nitrogen and oxygen atoms in total. The summed E-state index contributed by atoms with van der Waals surface area (Å²) >= 11 is 0. The van der Waals surface area contributed by atoms with Crippen LogP contribution >= 0.6 is 0 Å². The van der Waals surface area contributed by atoms with Crippen LogP contribution in [0.5, 0.6) is 11.5 Å². The minimum Gasteiger partial charge on any atom is -0.493 e. The fourth-order valence-electron chi connectivity index (χ4n) is 3.76. The lowest BCUT2D eigenvalue weighted by Crippen LogP contribution is -2.41. The van der Waals surface area contributed by atoms with Crippen molar-refractivity contribution in [2.45, 2.75) is 19.6 Å². The zero-order valence-electron chi connectivity index (χ0n) is 18.8. The molecule has 34 heavy (non-hydrogen) atoms. The van der Waals surface area contributed by atoms with Crippen molar-refractivity contribution in [1.82, 2.24) is 9.13 Å². The van der Waals surface area contributed by atoms with Crippen molar-refractivity contribution in [2.24, 2.45) is 0 Å². The number of hydrogen-bond acceptors (Lipinski definition) is 6. The summed E-state index contributed by atoms with van der Waals surface area (Å²) in [5.41, 5.74) is 0.359. The topological polar surface area (TPSA) is 99.8 Å². The Morgan fingerprint density at radius 2 is 1.68 bits per heavy atom. The Bertz CT molecular complexity index is 1460. The van der Waals surface area contributed by atoms with Gasteiger partial charge in [0.05, 0.1) is 30.2 Å². The van der Waals surface area contributed by atoms with E-state index in [9.17, 15) is 19.5 Å². The van der Waals surface area contributed by atoms with E-state index < -0.39 is 17.4 Å². The highest BCUT2D eigenvalue weighted by molar-refractivity contribution is 5.94. The summed E-state index contributed by atoms with van der Waals surface area (Å²) in [5.74, 6) is 0.614. The van der Waals surface area contributed by atoms with E-state index in [1.807, 2.05) is 0 Å². The van der Waals surface area contributed by atoms with Crippen LogP contribution < -0.4 is 20.7 Å². The van der Waals surface area contributed by atoms with Crippen LogP contribution in [-0.2, 0) is 6.54 Å². The van der Waals surface area contributed by atoms with E-state index in [0.717, 1.165) is 4.57 Å². The molecule has 0 radical (unpaired) electrons. The third kappa shape index (κ3) is 4.49. The van der Waals surface area contributed by atoms with Crippen LogP contribution in [0, 0.1) is 0 Å². The SMILES string of the molecule is COc1cc(C(C)=O)ccc1OC[C@@H](O)Cn1c(=O)n(-c2ccccc2)c(=O)c2ccccc21. The molecular weight excluding hydrogens is 436 g/mol. The molecule has 0 aliphatic rings. The fourth-order valence-corrected chi connectivity index (χ4v) is 3.76. The molecule has 1 N–H and O–H groups in total. The lowest BCUT2D eigenvalue weighted by Gasteiger charge is -2.18. The van der Waals surface area contributed by atoms with Gasteiger partial charge in [-0.2, -0.15) is 0 Å². The van der Waals surface area contributed by atoms with Gasteiger partial charge < -0.3 is 14.6 Å². The first-order chi connectivity index (χ1) is 16.4. The zero-order valence-corrected chi connectivity index (χ0v) is 18.8. The van der Waals surface area contributed by atoms with Crippen molar-refractivity contribution in [3.8, 4) is 17.2 Å². The smallest absolute Gasteiger partial charge is 0.336 e. The van der Waals surface area contributed by atoms with Crippen molar-refractivity contribution in [3.63, 3.8) is 0 Å². The predicted octanol–water partition coefficient (Wildman–Crippen LogP) is 2.80. The lowest BCUT2D eigenvalue weighted by atomic mass is 10.1. The maximum atomic E-state index is 13.3. The summed E-state index contributed by atoms with van der Waals surface area (Å²) in [4.78, 5) is 38.0. The summed E-state index contributed by atoms with van der Waals surface area (Å²) in [5, 5.41) is 11.1. The molecule has 0 bridgehead atoms. The number of aliphatic hydroxyl groups is 1. The summed E-state index contributed by atoms with van der Waals surface area (Å²) in [6, 6.07) is 20.2. The third-order valence-corrected chi connectivity index (χ3v) is 5.46. The number of methoxy groups -OCH3 is 1. The van der Waals surface area contributed by atoms with Crippen LogP contribution in [0.25, 0.3) is 16.6 Å². The van der Waals surface area contributed by atoms with E-state index in [1.54, 1.807) is 72.8 Å². The minimum atomic E-state index is -1.07. The van der Waals surface area contributed by atoms with Crippen LogP contribution in [0.1, 0.15) is 17.3 Å². The monoisotopic (exact) mass is 460 g/mol. The Kier molecular flexibility index (Phi) is 6.60. The lowest BCUT2D eigenvalue weighted by molar-refractivity contribution is 0.0905. The van der Waals surface area contributed by atoms with Crippen LogP contribution in [0.4, 0.5) is 0 Å². The Morgan fingerprint density at radius 1 is 0.971 bits per heavy atom. The molecule has 0 aliphatic heterocycles. The number of Topliss-reactive ketones (excluding diaryl/α,β-unsaturated/α-hetero) is 1. The molecule has 1 atom stereocenters. The highest BCUT2D eigenvalue weighted by Crippen LogP contribution is 2.28. The molecule has 0 unspecified atom stereocenters. The Balaban J connectivity index is 1.65. The van der Waals surface area contributed by atoms with E-state index in [-0.39, 0.29) is 18.9 Å². The highest BCUT2D eigenvalue weighted by Gasteiger charge is 2.18. The number of aliphatic hydroxyl groups excluding tert-OH is 1. The summed E-state index contributed by atoms with van der Waals surface area (Å²) in [6.45, 7) is 1.22. The highest BCUT2D eigenvalue weighted by atomic mass is 16.5. The van der Waals surface area contributed by atoms with Crippen LogP contribution in [-0.4, -0.2) is 39.8 Å². The molecule has 4 rings (SSSR count). The first kappa shape index (κ1) is 23.0. The molecule has 8 heteroatoms. The number of ketones is 1. The fraction of sp³-hybridized carbons (Fsp3) is 0.192. The molecule has 4 aromatic rings. The molecule has 1 aromatic heterocycles. The second kappa shape index (κ2) is 9.76. The van der Waals surface area contributed by atoms with Crippen molar-refractivity contribution in [3.05, 3.63) is 99.2 Å². The van der Waals surface area contributed by atoms with Gasteiger partial charge in [-0.05, 0) is 49.4 Å². The average Bonchev–Trinajstić information content (AvgIpc) is 2.86. The molecule has 0 spiro atoms. The van der Waals surface area contributed by atoms with E-state index in [4.69, 9.17) is 9.47 Å². The molecule has 0 fully saturated rings. The molecule has 174 valence electrons. The summed E-state index contributed by atoms with van der Waals surface area (Å²) in [6.07, 6.45) is -1.07. The van der Waals surface area contributed by atoms with Crippen molar-refractivity contribution >= 4 is 16.7 Å². The van der Waals surface area contributed by atoms with Crippen molar-refractivity contribution in [2.75, 3.05) is 13.7 Å². The van der Waals surface area contributed by atoms with Crippen LogP contribution in [0.2, 0.25) is 0 Å². The maximum Gasteiger partial charge on any atom is 0.336 e. The van der Waals surface area contributed by atoms with Gasteiger partial charge >= 0.3 is 5.69 Å². The minimum absolute atomic E-state index is 0.0969. The quantitative estimate of drug-likeness (QED) is 0.406. The zero-order chi connectivity index (χ0) is 24.2. The first-order valence-electron chi connectivity index (χ1n) is 10.7. The van der Waals surface area contributed by atoms with Gasteiger partial charge in [0.2, 0.25) is 0 Å². The average molecular weight is 460 g/mol. The predicted molar refractivity (Wildman–Crippen MR) is 128 cm³/mol. The van der Waals surface area contributed by atoms with Crippen molar-refractivity contribution < 1.29 is 19.4 Å². The maximum absolute atomic E-state index is 13.3. The second-order valence-corrected chi connectivity index (χ2v) is 7.77. The van der Waals surface area contributed by atoms with E-state index in [2.05, 4.69) is 0 Å². The number of para-hydroxylation sites is 2. The summed E-state index contributed by atoms with van der Waals surface area (Å²) in [7, 11) is 1.46. The molecule has 0 aliphatic carbocycles. The van der Waals surface area contributed by atoms with Crippen LogP contribution in [0.3, 0.4) is 0 Å². The Morgan fingerprint density at radius 3 is 2.38 bits per heavy atom. The number of rotatable bonds is 8. The van der Waals surface area contributed by atoms with E-state index in [1.165, 1.54) is 18.6 Å². The molecular formula is C26H24N2O6. The Hall–Kier alpha value is -4.17. The number of hydrogen-bond donors (Lipinski definition) is 1. The Labute approximate surface area is 195 Å². The molecule has 0 saturated heterocycles. The van der Waals surface area contributed by atoms with Gasteiger partial charge in [-0.15, -0.1) is 0 Å². The molecule has 3 aromatic carbocycles. The third-order valence-electron chi connectivity index (χ3n) is 5.46. The van der Waals surface area contributed by atoms with Gasteiger partial charge in [0.15, 0.2) is 17.3 Å². The largest absolute Gasteiger partial charge is 0.493 e.